The third-order valence-corrected chi connectivity index (χ3v) is 5.86. The molecular formula is C26H22Cl2N4O7. The summed E-state index contributed by atoms with van der Waals surface area (Å²) in [5.74, 6) is -3.70. The molecule has 11 nitrogen and oxygen atoms in total. The molecule has 0 fully saturated rings. The van der Waals surface area contributed by atoms with Gasteiger partial charge in [0.2, 0.25) is 0 Å². The van der Waals surface area contributed by atoms with Crippen LogP contribution in [0.5, 0.6) is 0 Å². The Morgan fingerprint density at radius 2 is 1.41 bits per heavy atom. The van der Waals surface area contributed by atoms with Gasteiger partial charge in [-0.1, -0.05) is 47.5 Å². The van der Waals surface area contributed by atoms with Crippen molar-refractivity contribution in [2.45, 2.75) is 12.5 Å². The molecule has 0 bridgehead atoms. The predicted octanol–water partition coefficient (Wildman–Crippen LogP) is 3.88. The second kappa shape index (κ2) is 13.3. The fourth-order valence-corrected chi connectivity index (χ4v) is 3.95. The first-order valence-corrected chi connectivity index (χ1v) is 12.0. The summed E-state index contributed by atoms with van der Waals surface area (Å²) in [6, 6.07) is 14.7. The first-order chi connectivity index (χ1) is 18.5. The topological polar surface area (TPSA) is 174 Å². The quantitative estimate of drug-likeness (QED) is 0.213. The maximum Gasteiger partial charge on any atom is 0.326 e. The summed E-state index contributed by atoms with van der Waals surface area (Å²) in [5, 5.41) is 28.3. The van der Waals surface area contributed by atoms with Gasteiger partial charge < -0.3 is 31.5 Å². The van der Waals surface area contributed by atoms with Crippen LogP contribution in [0.2, 0.25) is 10.0 Å². The molecule has 0 saturated carbocycles. The Morgan fingerprint density at radius 1 is 0.769 bits per heavy atom. The lowest BCUT2D eigenvalue weighted by molar-refractivity contribution is -0.139. The molecule has 0 aromatic heterocycles. The van der Waals surface area contributed by atoms with Gasteiger partial charge >= 0.3 is 18.0 Å². The number of aliphatic carboxylic acids is 2. The van der Waals surface area contributed by atoms with Crippen molar-refractivity contribution in [1.82, 2.24) is 10.6 Å². The van der Waals surface area contributed by atoms with E-state index >= 15 is 0 Å². The van der Waals surface area contributed by atoms with Gasteiger partial charge in [-0.2, -0.15) is 0 Å². The summed E-state index contributed by atoms with van der Waals surface area (Å²) in [7, 11) is 0. The Bertz CT molecular complexity index is 1390. The molecule has 3 aromatic rings. The van der Waals surface area contributed by atoms with Crippen molar-refractivity contribution in [3.63, 3.8) is 0 Å². The highest BCUT2D eigenvalue weighted by atomic mass is 35.5. The number of halogens is 2. The van der Waals surface area contributed by atoms with Crippen LogP contribution in [0.25, 0.3) is 0 Å². The Kier molecular flexibility index (Phi) is 9.85. The van der Waals surface area contributed by atoms with Crippen molar-refractivity contribution in [3.8, 4) is 0 Å². The molecule has 0 aliphatic heterocycles. The van der Waals surface area contributed by atoms with Crippen molar-refractivity contribution in [1.29, 1.82) is 0 Å². The highest BCUT2D eigenvalue weighted by Crippen LogP contribution is 2.25. The van der Waals surface area contributed by atoms with Gasteiger partial charge in [0, 0.05) is 23.4 Å². The van der Waals surface area contributed by atoms with E-state index in [4.69, 9.17) is 28.3 Å². The number of benzene rings is 3. The first-order valence-electron chi connectivity index (χ1n) is 11.3. The van der Waals surface area contributed by atoms with Crippen LogP contribution >= 0.6 is 23.2 Å². The van der Waals surface area contributed by atoms with E-state index in [2.05, 4.69) is 21.3 Å². The maximum absolute atomic E-state index is 12.7. The van der Waals surface area contributed by atoms with Crippen LogP contribution in [0.3, 0.4) is 0 Å². The number of amides is 4. The van der Waals surface area contributed by atoms with Crippen molar-refractivity contribution in [2.24, 2.45) is 0 Å². The van der Waals surface area contributed by atoms with Crippen LogP contribution in [0.1, 0.15) is 26.3 Å². The number of carboxylic acids is 2. The summed E-state index contributed by atoms with van der Waals surface area (Å²) >= 11 is 12.1. The van der Waals surface area contributed by atoms with Crippen molar-refractivity contribution in [3.05, 3.63) is 93.5 Å². The third kappa shape index (κ3) is 8.45. The Labute approximate surface area is 232 Å². The molecule has 0 aliphatic rings. The second-order valence-corrected chi connectivity index (χ2v) is 8.91. The van der Waals surface area contributed by atoms with E-state index in [9.17, 15) is 29.1 Å². The molecule has 4 amide bonds. The van der Waals surface area contributed by atoms with Crippen LogP contribution in [-0.4, -0.2) is 52.6 Å². The summed E-state index contributed by atoms with van der Waals surface area (Å²) in [4.78, 5) is 59.4. The van der Waals surface area contributed by atoms with Crippen molar-refractivity contribution < 1.29 is 34.2 Å². The van der Waals surface area contributed by atoms with Crippen LogP contribution in [-0.2, 0) is 16.0 Å². The Hall–Kier alpha value is -4.61. The second-order valence-electron chi connectivity index (χ2n) is 8.10. The highest BCUT2D eigenvalue weighted by molar-refractivity contribution is 6.40. The molecule has 3 rings (SSSR count). The van der Waals surface area contributed by atoms with E-state index in [1.54, 1.807) is 30.3 Å². The summed E-state index contributed by atoms with van der Waals surface area (Å²) in [6.07, 6.45) is -0.0544. The maximum atomic E-state index is 12.7. The molecule has 1 atom stereocenters. The highest BCUT2D eigenvalue weighted by Gasteiger charge is 2.22. The molecule has 0 radical (unpaired) electrons. The van der Waals surface area contributed by atoms with Gasteiger partial charge in [-0.15, -0.1) is 0 Å². The molecule has 39 heavy (non-hydrogen) atoms. The number of nitrogens with one attached hydrogen (secondary N) is 4. The number of carboxylic acid groups (broad SMARTS) is 2. The minimum atomic E-state index is -1.28. The number of carbonyl (C=O) groups is 5. The van der Waals surface area contributed by atoms with Gasteiger partial charge in [0.25, 0.3) is 11.8 Å². The number of carbonyl (C=O) groups excluding carboxylic acids is 3. The monoisotopic (exact) mass is 572 g/mol. The fraction of sp³-hybridized carbons (Fsp3) is 0.115. The molecule has 0 unspecified atom stereocenters. The van der Waals surface area contributed by atoms with Gasteiger partial charge in [-0.05, 0) is 48.0 Å². The summed E-state index contributed by atoms with van der Waals surface area (Å²) < 4.78 is 0. The van der Waals surface area contributed by atoms with Gasteiger partial charge in [0.05, 0.1) is 15.6 Å². The van der Waals surface area contributed by atoms with Crippen molar-refractivity contribution in [2.75, 3.05) is 17.2 Å². The standard InChI is InChI=1S/C26H22Cl2N4O7/c27-18-5-2-6-19(28)22(18)24(36)30-16-9-7-14(8-10-16)11-20(25(37)38)32-23(35)15-3-1-4-17(12-15)31-26(39)29-13-21(33)34/h1-10,12,20H,11,13H2,(H,30,36)(H,32,35)(H,33,34)(H,37,38)(H2,29,31,39)/t20-/m0/s1. The van der Waals surface area contributed by atoms with E-state index in [0.29, 0.717) is 11.3 Å². The zero-order valence-corrected chi connectivity index (χ0v) is 21.5. The zero-order valence-electron chi connectivity index (χ0n) is 20.0. The molecule has 0 aliphatic carbocycles. The van der Waals surface area contributed by atoms with Crippen LogP contribution in [0.4, 0.5) is 16.2 Å². The minimum absolute atomic E-state index is 0.0544. The number of hydrogen-bond acceptors (Lipinski definition) is 5. The smallest absolute Gasteiger partial charge is 0.326 e. The first kappa shape index (κ1) is 29.0. The zero-order chi connectivity index (χ0) is 28.5. The lowest BCUT2D eigenvalue weighted by Crippen LogP contribution is -2.42. The molecule has 3 aromatic carbocycles. The lowest BCUT2D eigenvalue weighted by atomic mass is 10.0. The molecule has 202 valence electrons. The Morgan fingerprint density at radius 3 is 2.03 bits per heavy atom. The van der Waals surface area contributed by atoms with E-state index in [1.165, 1.54) is 36.4 Å². The number of urea groups is 1. The Balaban J connectivity index is 1.63. The van der Waals surface area contributed by atoms with E-state index in [-0.39, 0.29) is 33.3 Å². The number of hydrogen-bond donors (Lipinski definition) is 6. The SMILES string of the molecule is O=C(O)CNC(=O)Nc1cccc(C(=O)N[C@@H](Cc2ccc(NC(=O)c3c(Cl)cccc3Cl)cc2)C(=O)O)c1. The van der Waals surface area contributed by atoms with Crippen LogP contribution < -0.4 is 21.3 Å². The molecule has 13 heteroatoms. The van der Waals surface area contributed by atoms with E-state index in [0.717, 1.165) is 0 Å². The van der Waals surface area contributed by atoms with Gasteiger partial charge in [0.15, 0.2) is 0 Å². The minimum Gasteiger partial charge on any atom is -0.480 e. The summed E-state index contributed by atoms with van der Waals surface area (Å²) in [6.45, 7) is -0.588. The van der Waals surface area contributed by atoms with E-state index < -0.39 is 42.4 Å². The molecule has 0 saturated heterocycles. The van der Waals surface area contributed by atoms with E-state index in [1.807, 2.05) is 0 Å². The summed E-state index contributed by atoms with van der Waals surface area (Å²) in [5.41, 5.74) is 1.40. The molecule has 6 N–H and O–H groups in total. The van der Waals surface area contributed by atoms with Crippen LogP contribution in [0.15, 0.2) is 66.7 Å². The largest absolute Gasteiger partial charge is 0.480 e. The molecular weight excluding hydrogens is 551 g/mol. The van der Waals surface area contributed by atoms with Crippen molar-refractivity contribution >= 4 is 64.4 Å². The van der Waals surface area contributed by atoms with Gasteiger partial charge in [-0.25, -0.2) is 9.59 Å². The molecule has 0 spiro atoms. The fourth-order valence-electron chi connectivity index (χ4n) is 3.38. The average molecular weight is 573 g/mol. The number of anilines is 2. The lowest BCUT2D eigenvalue weighted by Gasteiger charge is -2.16. The third-order valence-electron chi connectivity index (χ3n) is 5.23. The van der Waals surface area contributed by atoms with Crippen LogP contribution in [0, 0.1) is 0 Å². The average Bonchev–Trinajstić information content (AvgIpc) is 2.88. The predicted molar refractivity (Wildman–Crippen MR) is 145 cm³/mol. The normalized spacial score (nSPS) is 11.1. The molecule has 0 heterocycles. The number of rotatable bonds is 10. The van der Waals surface area contributed by atoms with Gasteiger partial charge in [-0.3, -0.25) is 14.4 Å². The van der Waals surface area contributed by atoms with Gasteiger partial charge in [0.1, 0.15) is 12.6 Å².